The molecule has 128 valence electrons. The molecule has 2 aromatic carbocycles. The van der Waals surface area contributed by atoms with Gasteiger partial charge in [0.05, 0.1) is 6.61 Å². The Hall–Kier alpha value is -3.33. The Morgan fingerprint density at radius 2 is 2.00 bits per heavy atom. The van der Waals surface area contributed by atoms with Crippen molar-refractivity contribution in [2.75, 3.05) is 6.61 Å². The highest BCUT2D eigenvalue weighted by atomic mass is 19.1. The number of nitrogens with two attached hydrogens (primary N) is 1. The second-order valence-corrected chi connectivity index (χ2v) is 5.05. The molecular formula is C19H17FN2O3. The third-order valence-corrected chi connectivity index (χ3v) is 3.31. The Balaban J connectivity index is 2.26. The first-order chi connectivity index (χ1) is 12.0. The molecule has 0 aromatic heterocycles. The van der Waals surface area contributed by atoms with E-state index in [4.69, 9.17) is 20.5 Å². The van der Waals surface area contributed by atoms with Crippen LogP contribution in [-0.4, -0.2) is 12.5 Å². The average Bonchev–Trinajstić information content (AvgIpc) is 2.60. The van der Waals surface area contributed by atoms with Crippen LogP contribution < -0.4 is 15.2 Å². The summed E-state index contributed by atoms with van der Waals surface area (Å²) in [6, 6.07) is 13.0. The molecule has 25 heavy (non-hydrogen) atoms. The van der Waals surface area contributed by atoms with Crippen LogP contribution in [0, 0.1) is 17.1 Å². The van der Waals surface area contributed by atoms with Gasteiger partial charge in [0.1, 0.15) is 24.1 Å². The van der Waals surface area contributed by atoms with Gasteiger partial charge in [-0.1, -0.05) is 24.3 Å². The summed E-state index contributed by atoms with van der Waals surface area (Å²) in [5, 5.41) is 8.91. The van der Waals surface area contributed by atoms with Gasteiger partial charge in [0.2, 0.25) is 0 Å². The number of hydrogen-bond donors (Lipinski definition) is 1. The maximum absolute atomic E-state index is 13.7. The van der Waals surface area contributed by atoms with Gasteiger partial charge in [0, 0.05) is 5.56 Å². The number of carbonyl (C=O) groups excluding carboxylic acids is 1. The van der Waals surface area contributed by atoms with Crippen LogP contribution in [0.4, 0.5) is 4.39 Å². The molecule has 0 heterocycles. The summed E-state index contributed by atoms with van der Waals surface area (Å²) >= 11 is 0. The minimum Gasteiger partial charge on any atom is -0.490 e. The van der Waals surface area contributed by atoms with Crippen molar-refractivity contribution in [2.24, 2.45) is 5.73 Å². The third kappa shape index (κ3) is 4.82. The predicted octanol–water partition coefficient (Wildman–Crippen LogP) is 3.20. The summed E-state index contributed by atoms with van der Waals surface area (Å²) in [4.78, 5) is 11.1. The van der Waals surface area contributed by atoms with Crippen molar-refractivity contribution in [3.63, 3.8) is 0 Å². The topological polar surface area (TPSA) is 85.3 Å². The van der Waals surface area contributed by atoms with E-state index in [0.717, 1.165) is 0 Å². The Morgan fingerprint density at radius 3 is 2.64 bits per heavy atom. The van der Waals surface area contributed by atoms with Gasteiger partial charge in [0.25, 0.3) is 5.91 Å². The number of ether oxygens (including phenoxy) is 2. The lowest BCUT2D eigenvalue weighted by Gasteiger charge is -2.13. The highest BCUT2D eigenvalue weighted by Gasteiger charge is 2.10. The van der Waals surface area contributed by atoms with Crippen molar-refractivity contribution < 1.29 is 18.7 Å². The minimum atomic E-state index is -0.805. The number of carbonyl (C=O) groups is 1. The summed E-state index contributed by atoms with van der Waals surface area (Å²) < 4.78 is 24.8. The lowest BCUT2D eigenvalue weighted by Crippen LogP contribution is -2.12. The number of hydrogen-bond acceptors (Lipinski definition) is 4. The number of nitrogens with zero attached hydrogens (tertiary/aromatic N) is 1. The maximum atomic E-state index is 13.7. The van der Waals surface area contributed by atoms with Gasteiger partial charge in [-0.3, -0.25) is 4.79 Å². The molecule has 5 nitrogen and oxygen atoms in total. The number of benzene rings is 2. The number of nitriles is 1. The number of primary amides is 1. The van der Waals surface area contributed by atoms with Crippen molar-refractivity contribution in [2.45, 2.75) is 13.5 Å². The van der Waals surface area contributed by atoms with Crippen LogP contribution in [0.1, 0.15) is 18.1 Å². The van der Waals surface area contributed by atoms with Crippen LogP contribution in [-0.2, 0) is 11.4 Å². The van der Waals surface area contributed by atoms with E-state index in [2.05, 4.69) is 0 Å². The van der Waals surface area contributed by atoms with Gasteiger partial charge in [-0.15, -0.1) is 0 Å². The molecule has 0 saturated heterocycles. The number of amides is 1. The number of halogens is 1. The molecule has 0 aliphatic heterocycles. The zero-order valence-corrected chi connectivity index (χ0v) is 13.7. The van der Waals surface area contributed by atoms with Crippen LogP contribution in [0.25, 0.3) is 6.08 Å². The molecule has 0 radical (unpaired) electrons. The summed E-state index contributed by atoms with van der Waals surface area (Å²) in [6.07, 6.45) is 1.37. The Morgan fingerprint density at radius 1 is 1.24 bits per heavy atom. The van der Waals surface area contributed by atoms with E-state index in [0.29, 0.717) is 29.2 Å². The quantitative estimate of drug-likeness (QED) is 0.619. The second kappa shape index (κ2) is 8.50. The second-order valence-electron chi connectivity index (χ2n) is 5.05. The van der Waals surface area contributed by atoms with Crippen molar-refractivity contribution in [3.8, 4) is 17.6 Å². The maximum Gasteiger partial charge on any atom is 0.259 e. The lowest BCUT2D eigenvalue weighted by atomic mass is 10.1. The average molecular weight is 340 g/mol. The normalized spacial score (nSPS) is 10.8. The summed E-state index contributed by atoms with van der Waals surface area (Å²) in [5.74, 6) is -0.297. The molecule has 2 N–H and O–H groups in total. The zero-order valence-electron chi connectivity index (χ0n) is 13.7. The fraction of sp³-hybridized carbons (Fsp3) is 0.158. The van der Waals surface area contributed by atoms with E-state index >= 15 is 0 Å². The van der Waals surface area contributed by atoms with Crippen LogP contribution in [0.2, 0.25) is 0 Å². The monoisotopic (exact) mass is 340 g/mol. The van der Waals surface area contributed by atoms with E-state index in [-0.39, 0.29) is 18.0 Å². The first-order valence-electron chi connectivity index (χ1n) is 7.59. The fourth-order valence-corrected chi connectivity index (χ4v) is 2.10. The van der Waals surface area contributed by atoms with Crippen molar-refractivity contribution in [3.05, 3.63) is 65.0 Å². The van der Waals surface area contributed by atoms with Gasteiger partial charge >= 0.3 is 0 Å². The summed E-state index contributed by atoms with van der Waals surface area (Å²) in [6.45, 7) is 2.25. The van der Waals surface area contributed by atoms with Crippen LogP contribution in [0.3, 0.4) is 0 Å². The molecule has 6 heteroatoms. The molecule has 0 unspecified atom stereocenters. The highest BCUT2D eigenvalue weighted by molar-refractivity contribution is 6.00. The molecule has 2 aromatic rings. The van der Waals surface area contributed by atoms with Gasteiger partial charge in [0.15, 0.2) is 11.5 Å². The Bertz CT molecular complexity index is 841. The third-order valence-electron chi connectivity index (χ3n) is 3.31. The molecule has 2 rings (SSSR count). The van der Waals surface area contributed by atoms with Gasteiger partial charge in [-0.2, -0.15) is 5.26 Å². The van der Waals surface area contributed by atoms with Crippen LogP contribution in [0.15, 0.2) is 48.0 Å². The molecule has 0 fully saturated rings. The van der Waals surface area contributed by atoms with Crippen molar-refractivity contribution in [1.82, 2.24) is 0 Å². The minimum absolute atomic E-state index is 0.0483. The van der Waals surface area contributed by atoms with E-state index in [1.54, 1.807) is 42.5 Å². The molecule has 0 aliphatic carbocycles. The molecule has 0 spiro atoms. The summed E-state index contributed by atoms with van der Waals surface area (Å²) in [7, 11) is 0. The predicted molar refractivity (Wildman–Crippen MR) is 91.1 cm³/mol. The Kier molecular flexibility index (Phi) is 6.13. The van der Waals surface area contributed by atoms with Crippen LogP contribution in [0.5, 0.6) is 11.5 Å². The van der Waals surface area contributed by atoms with E-state index in [9.17, 15) is 9.18 Å². The van der Waals surface area contributed by atoms with E-state index in [1.165, 1.54) is 12.1 Å². The zero-order chi connectivity index (χ0) is 18.2. The largest absolute Gasteiger partial charge is 0.490 e. The molecule has 0 atom stereocenters. The molecule has 1 amide bonds. The molecule has 0 saturated carbocycles. The number of rotatable bonds is 7. The highest BCUT2D eigenvalue weighted by Crippen LogP contribution is 2.30. The van der Waals surface area contributed by atoms with E-state index < -0.39 is 5.91 Å². The molecular weight excluding hydrogens is 323 g/mol. The SMILES string of the molecule is CCOc1cc(/C=C(\C#N)C(N)=O)ccc1OCc1ccccc1F. The fourth-order valence-electron chi connectivity index (χ4n) is 2.10. The first kappa shape index (κ1) is 18.0. The molecule has 0 aliphatic rings. The first-order valence-corrected chi connectivity index (χ1v) is 7.59. The molecule has 0 bridgehead atoms. The van der Waals surface area contributed by atoms with Gasteiger partial charge in [-0.05, 0) is 36.8 Å². The summed E-state index contributed by atoms with van der Waals surface area (Å²) in [5.41, 5.74) is 5.95. The van der Waals surface area contributed by atoms with Crippen molar-refractivity contribution >= 4 is 12.0 Å². The lowest BCUT2D eigenvalue weighted by molar-refractivity contribution is -0.114. The Labute approximate surface area is 145 Å². The van der Waals surface area contributed by atoms with E-state index in [1.807, 2.05) is 6.92 Å². The van der Waals surface area contributed by atoms with Gasteiger partial charge < -0.3 is 15.2 Å². The van der Waals surface area contributed by atoms with Crippen LogP contribution >= 0.6 is 0 Å². The van der Waals surface area contributed by atoms with Crippen molar-refractivity contribution in [1.29, 1.82) is 5.26 Å². The standard InChI is InChI=1S/C19H17FN2O3/c1-2-24-18-10-13(9-15(11-21)19(22)23)7-8-17(18)25-12-14-5-3-4-6-16(14)20/h3-10H,2,12H2,1H3,(H2,22,23)/b15-9+. The van der Waals surface area contributed by atoms with Gasteiger partial charge in [-0.25, -0.2) is 4.39 Å². The smallest absolute Gasteiger partial charge is 0.259 e.